The highest BCUT2D eigenvalue weighted by molar-refractivity contribution is 7.89. The van der Waals surface area contributed by atoms with Crippen LogP contribution in [0.5, 0.6) is 0 Å². The molecule has 4 heteroatoms. The van der Waals surface area contributed by atoms with Crippen LogP contribution in [0.3, 0.4) is 0 Å². The van der Waals surface area contributed by atoms with E-state index in [1.54, 1.807) is 4.31 Å². The highest BCUT2D eigenvalue weighted by Gasteiger charge is 2.32. The first-order chi connectivity index (χ1) is 10.3. The number of benzene rings is 1. The largest absolute Gasteiger partial charge is 0.243 e. The van der Waals surface area contributed by atoms with Crippen LogP contribution in [0.2, 0.25) is 0 Å². The number of hydrogen-bond acceptors (Lipinski definition) is 2. The van der Waals surface area contributed by atoms with Gasteiger partial charge in [0.2, 0.25) is 10.0 Å². The smallest absolute Gasteiger partial charge is 0.207 e. The molecule has 0 saturated heterocycles. The normalized spacial score (nSPS) is 17.2. The van der Waals surface area contributed by atoms with Crippen LogP contribution in [0.25, 0.3) is 0 Å². The Morgan fingerprint density at radius 3 is 2.14 bits per heavy atom. The van der Waals surface area contributed by atoms with Gasteiger partial charge in [-0.05, 0) is 68.9 Å². The molecule has 0 N–H and O–H groups in total. The SMILES string of the molecule is CCN(C1CCCCC1)S(=O)(=O)c1cc(C)c(C)c(C)c1C. The quantitative estimate of drug-likeness (QED) is 0.830. The Labute approximate surface area is 135 Å². The Hall–Kier alpha value is -0.870. The third-order valence-electron chi connectivity index (χ3n) is 5.31. The molecule has 0 bridgehead atoms. The molecule has 124 valence electrons. The van der Waals surface area contributed by atoms with Gasteiger partial charge in [0.1, 0.15) is 0 Å². The average molecular weight is 324 g/mol. The lowest BCUT2D eigenvalue weighted by molar-refractivity contribution is 0.261. The summed E-state index contributed by atoms with van der Waals surface area (Å²) in [6, 6.07) is 2.03. The summed E-state index contributed by atoms with van der Waals surface area (Å²) in [6.07, 6.45) is 5.50. The number of nitrogens with zero attached hydrogens (tertiary/aromatic N) is 1. The van der Waals surface area contributed by atoms with Crippen molar-refractivity contribution >= 4 is 10.0 Å². The molecule has 2 rings (SSSR count). The van der Waals surface area contributed by atoms with E-state index in [4.69, 9.17) is 0 Å². The van der Waals surface area contributed by atoms with Gasteiger partial charge in [0.25, 0.3) is 0 Å². The molecular weight excluding hydrogens is 294 g/mol. The van der Waals surface area contributed by atoms with E-state index in [-0.39, 0.29) is 6.04 Å². The van der Waals surface area contributed by atoms with E-state index in [1.807, 2.05) is 33.8 Å². The second-order valence-corrected chi connectivity index (χ2v) is 8.43. The van der Waals surface area contributed by atoms with Crippen molar-refractivity contribution in [3.63, 3.8) is 0 Å². The third kappa shape index (κ3) is 3.09. The summed E-state index contributed by atoms with van der Waals surface area (Å²) in [5, 5.41) is 0. The maximum atomic E-state index is 13.2. The Kier molecular flexibility index (Phi) is 5.33. The highest BCUT2D eigenvalue weighted by atomic mass is 32.2. The molecule has 0 heterocycles. The fourth-order valence-electron chi connectivity index (χ4n) is 3.56. The molecule has 0 atom stereocenters. The molecule has 22 heavy (non-hydrogen) atoms. The molecule has 0 aliphatic heterocycles. The Morgan fingerprint density at radius 2 is 1.59 bits per heavy atom. The predicted octanol–water partition coefficient (Wildman–Crippen LogP) is 4.26. The lowest BCUT2D eigenvalue weighted by Crippen LogP contribution is -2.41. The lowest BCUT2D eigenvalue weighted by Gasteiger charge is -2.33. The van der Waals surface area contributed by atoms with Crippen LogP contribution >= 0.6 is 0 Å². The average Bonchev–Trinajstić information content (AvgIpc) is 2.50. The maximum absolute atomic E-state index is 13.2. The van der Waals surface area contributed by atoms with Crippen molar-refractivity contribution in [1.82, 2.24) is 4.31 Å². The van der Waals surface area contributed by atoms with Crippen molar-refractivity contribution < 1.29 is 8.42 Å². The van der Waals surface area contributed by atoms with Crippen molar-refractivity contribution in [1.29, 1.82) is 0 Å². The number of aryl methyl sites for hydroxylation is 1. The van der Waals surface area contributed by atoms with E-state index in [0.29, 0.717) is 11.4 Å². The first-order valence-corrected chi connectivity index (χ1v) is 9.84. The Morgan fingerprint density at radius 1 is 1.00 bits per heavy atom. The van der Waals surface area contributed by atoms with Gasteiger partial charge in [0.15, 0.2) is 0 Å². The predicted molar refractivity (Wildman–Crippen MR) is 91.8 cm³/mol. The van der Waals surface area contributed by atoms with Crippen molar-refractivity contribution in [2.75, 3.05) is 6.54 Å². The summed E-state index contributed by atoms with van der Waals surface area (Å²) < 4.78 is 28.2. The number of hydrogen-bond donors (Lipinski definition) is 0. The first kappa shape index (κ1) is 17.5. The fourth-order valence-corrected chi connectivity index (χ4v) is 5.62. The van der Waals surface area contributed by atoms with E-state index in [1.165, 1.54) is 12.0 Å². The van der Waals surface area contributed by atoms with Crippen LogP contribution in [-0.4, -0.2) is 25.3 Å². The fraction of sp³-hybridized carbons (Fsp3) is 0.667. The van der Waals surface area contributed by atoms with Gasteiger partial charge in [-0.25, -0.2) is 8.42 Å². The van der Waals surface area contributed by atoms with Gasteiger partial charge in [0.05, 0.1) is 4.90 Å². The summed E-state index contributed by atoms with van der Waals surface area (Å²) in [5.74, 6) is 0. The van der Waals surface area contributed by atoms with Gasteiger partial charge < -0.3 is 0 Å². The van der Waals surface area contributed by atoms with E-state index < -0.39 is 10.0 Å². The van der Waals surface area contributed by atoms with Crippen LogP contribution in [0.4, 0.5) is 0 Å². The maximum Gasteiger partial charge on any atom is 0.243 e. The molecule has 0 unspecified atom stereocenters. The second-order valence-electron chi connectivity index (χ2n) is 6.57. The van der Waals surface area contributed by atoms with Gasteiger partial charge in [0, 0.05) is 12.6 Å². The van der Waals surface area contributed by atoms with Crippen LogP contribution < -0.4 is 0 Å². The summed E-state index contributed by atoms with van der Waals surface area (Å²) in [7, 11) is -3.41. The van der Waals surface area contributed by atoms with Crippen molar-refractivity contribution in [2.45, 2.75) is 77.7 Å². The van der Waals surface area contributed by atoms with E-state index in [0.717, 1.165) is 42.4 Å². The molecular formula is C18H29NO2S. The lowest BCUT2D eigenvalue weighted by atomic mass is 9.95. The highest BCUT2D eigenvalue weighted by Crippen LogP contribution is 2.31. The molecule has 0 amide bonds. The summed E-state index contributed by atoms with van der Waals surface area (Å²) in [5.41, 5.74) is 4.24. The second kappa shape index (κ2) is 6.71. The minimum absolute atomic E-state index is 0.171. The van der Waals surface area contributed by atoms with Crippen LogP contribution in [0, 0.1) is 27.7 Å². The molecule has 3 nitrogen and oxygen atoms in total. The summed E-state index contributed by atoms with van der Waals surface area (Å²) >= 11 is 0. The zero-order chi connectivity index (χ0) is 16.5. The van der Waals surface area contributed by atoms with Gasteiger partial charge in [-0.3, -0.25) is 0 Å². The van der Waals surface area contributed by atoms with Crippen LogP contribution in [0.15, 0.2) is 11.0 Å². The minimum atomic E-state index is -3.41. The number of rotatable bonds is 4. The minimum Gasteiger partial charge on any atom is -0.207 e. The zero-order valence-corrected chi connectivity index (χ0v) is 15.4. The molecule has 1 aliphatic carbocycles. The monoisotopic (exact) mass is 323 g/mol. The van der Waals surface area contributed by atoms with Crippen molar-refractivity contribution in [3.8, 4) is 0 Å². The van der Waals surface area contributed by atoms with Crippen molar-refractivity contribution in [2.24, 2.45) is 0 Å². The van der Waals surface area contributed by atoms with E-state index in [9.17, 15) is 8.42 Å². The van der Waals surface area contributed by atoms with Gasteiger partial charge in [-0.1, -0.05) is 26.2 Å². The van der Waals surface area contributed by atoms with Gasteiger partial charge in [-0.2, -0.15) is 4.31 Å². The topological polar surface area (TPSA) is 37.4 Å². The van der Waals surface area contributed by atoms with Crippen LogP contribution in [0.1, 0.15) is 61.3 Å². The van der Waals surface area contributed by atoms with Gasteiger partial charge in [-0.15, -0.1) is 0 Å². The van der Waals surface area contributed by atoms with E-state index >= 15 is 0 Å². The van der Waals surface area contributed by atoms with Crippen molar-refractivity contribution in [3.05, 3.63) is 28.3 Å². The summed E-state index contributed by atoms with van der Waals surface area (Å²) in [6.45, 7) is 10.5. The molecule has 1 aromatic carbocycles. The summed E-state index contributed by atoms with van der Waals surface area (Å²) in [4.78, 5) is 0.500. The van der Waals surface area contributed by atoms with Crippen LogP contribution in [-0.2, 0) is 10.0 Å². The first-order valence-electron chi connectivity index (χ1n) is 8.40. The molecule has 1 fully saturated rings. The zero-order valence-electron chi connectivity index (χ0n) is 14.6. The molecule has 1 aromatic rings. The number of sulfonamides is 1. The molecule has 1 aliphatic rings. The third-order valence-corrected chi connectivity index (χ3v) is 7.47. The molecule has 0 radical (unpaired) electrons. The Balaban J connectivity index is 2.49. The molecule has 0 aromatic heterocycles. The molecule has 1 saturated carbocycles. The standard InChI is InChI=1S/C18H29NO2S/c1-6-19(17-10-8-7-9-11-17)22(20,21)18-12-13(2)14(3)15(4)16(18)5/h12,17H,6-11H2,1-5H3. The van der Waals surface area contributed by atoms with Gasteiger partial charge >= 0.3 is 0 Å². The molecule has 0 spiro atoms. The van der Waals surface area contributed by atoms with E-state index in [2.05, 4.69) is 6.92 Å². The Bertz CT molecular complexity index is 644.